The van der Waals surface area contributed by atoms with E-state index in [0.29, 0.717) is 10.5 Å². The van der Waals surface area contributed by atoms with Crippen LogP contribution in [-0.2, 0) is 17.3 Å². The molecule has 1 N–H and O–H groups in total. The lowest BCUT2D eigenvalue weighted by atomic mass is 10.2. The number of hydrogen-bond acceptors (Lipinski definition) is 2. The van der Waals surface area contributed by atoms with E-state index in [9.17, 15) is 9.00 Å². The first-order valence-corrected chi connectivity index (χ1v) is 8.98. The first-order chi connectivity index (χ1) is 11.1. The third-order valence-electron chi connectivity index (χ3n) is 3.82. The zero-order valence-corrected chi connectivity index (χ0v) is 13.9. The molecular weight excluding hydrogens is 308 g/mol. The molecule has 4 nitrogen and oxygen atoms in total. The molecule has 1 atom stereocenters. The molecule has 1 heterocycles. The van der Waals surface area contributed by atoms with E-state index in [1.165, 1.54) is 0 Å². The minimum Gasteiger partial charge on any atom is -0.348 e. The molecule has 0 radical (unpaired) electrons. The normalized spacial score (nSPS) is 12.3. The largest absolute Gasteiger partial charge is 0.348 e. The highest BCUT2D eigenvalue weighted by Gasteiger charge is 2.08. The van der Waals surface area contributed by atoms with Gasteiger partial charge in [0.25, 0.3) is 5.91 Å². The summed E-state index contributed by atoms with van der Waals surface area (Å²) in [6.45, 7) is 3.02. The number of carbonyl (C=O) groups is 1. The fraction of sp³-hybridized carbons (Fsp3) is 0.167. The van der Waals surface area contributed by atoms with Gasteiger partial charge in [0.1, 0.15) is 0 Å². The third-order valence-corrected chi connectivity index (χ3v) is 4.75. The highest BCUT2D eigenvalue weighted by molar-refractivity contribution is 7.84. The van der Waals surface area contributed by atoms with E-state index >= 15 is 0 Å². The molecule has 3 aromatic rings. The number of fused-ring (bicyclic) bond motifs is 1. The Balaban J connectivity index is 1.80. The number of benzene rings is 2. The van der Waals surface area contributed by atoms with Crippen LogP contribution in [0.2, 0.25) is 0 Å². The van der Waals surface area contributed by atoms with Crippen molar-refractivity contribution in [2.24, 2.45) is 0 Å². The van der Waals surface area contributed by atoms with Gasteiger partial charge in [0, 0.05) is 56.8 Å². The Labute approximate surface area is 137 Å². The molecule has 1 aromatic heterocycles. The van der Waals surface area contributed by atoms with Gasteiger partial charge < -0.3 is 9.88 Å². The maximum atomic E-state index is 12.3. The lowest BCUT2D eigenvalue weighted by molar-refractivity contribution is 0.102. The standard InChI is InChI=1S/C18H18N2O2S/c1-3-20-11-10-14-12-15(6-9-17(14)20)19-18(21)13-4-7-16(8-5-13)23(2)22/h4-12H,3H2,1-2H3,(H,19,21)/t23-/m1/s1. The number of aryl methyl sites for hydroxylation is 1. The molecule has 23 heavy (non-hydrogen) atoms. The van der Waals surface area contributed by atoms with Gasteiger partial charge in [0.2, 0.25) is 0 Å². The third kappa shape index (κ3) is 3.19. The summed E-state index contributed by atoms with van der Waals surface area (Å²) in [4.78, 5) is 13.0. The van der Waals surface area contributed by atoms with Gasteiger partial charge in [-0.3, -0.25) is 9.00 Å². The van der Waals surface area contributed by atoms with E-state index in [4.69, 9.17) is 0 Å². The van der Waals surface area contributed by atoms with Crippen LogP contribution < -0.4 is 5.32 Å². The number of rotatable bonds is 4. The van der Waals surface area contributed by atoms with Crippen LogP contribution in [-0.4, -0.2) is 20.9 Å². The maximum absolute atomic E-state index is 12.3. The summed E-state index contributed by atoms with van der Waals surface area (Å²) in [7, 11) is -1.04. The van der Waals surface area contributed by atoms with Crippen molar-refractivity contribution in [2.45, 2.75) is 18.4 Å². The van der Waals surface area contributed by atoms with E-state index in [0.717, 1.165) is 23.1 Å². The molecule has 0 aliphatic heterocycles. The summed E-state index contributed by atoms with van der Waals surface area (Å²) < 4.78 is 13.5. The minimum atomic E-state index is -1.04. The molecule has 0 saturated heterocycles. The minimum absolute atomic E-state index is 0.173. The molecule has 5 heteroatoms. The molecule has 0 aliphatic rings. The Bertz CT molecular complexity index is 882. The van der Waals surface area contributed by atoms with Crippen molar-refractivity contribution in [1.82, 2.24) is 4.57 Å². The monoisotopic (exact) mass is 326 g/mol. The number of carbonyl (C=O) groups excluding carboxylic acids is 1. The summed E-state index contributed by atoms with van der Waals surface area (Å²) in [6.07, 6.45) is 3.66. The topological polar surface area (TPSA) is 51.1 Å². The number of nitrogens with one attached hydrogen (secondary N) is 1. The SMILES string of the molecule is CCn1ccc2cc(NC(=O)c3ccc([S@@](C)=O)cc3)ccc21. The molecule has 0 bridgehead atoms. The molecule has 118 valence electrons. The van der Waals surface area contributed by atoms with E-state index in [1.807, 2.05) is 30.5 Å². The van der Waals surface area contributed by atoms with Gasteiger partial charge >= 0.3 is 0 Å². The molecule has 0 spiro atoms. The van der Waals surface area contributed by atoms with Crippen molar-refractivity contribution >= 4 is 33.3 Å². The fourth-order valence-corrected chi connectivity index (χ4v) is 3.07. The Kier molecular flexibility index (Phi) is 4.30. The molecular formula is C18H18N2O2S. The smallest absolute Gasteiger partial charge is 0.255 e. The van der Waals surface area contributed by atoms with Crippen molar-refractivity contribution in [3.8, 4) is 0 Å². The van der Waals surface area contributed by atoms with E-state index in [2.05, 4.69) is 16.8 Å². The van der Waals surface area contributed by atoms with Crippen molar-refractivity contribution in [2.75, 3.05) is 11.6 Å². The fourth-order valence-electron chi connectivity index (χ4n) is 2.55. The maximum Gasteiger partial charge on any atom is 0.255 e. The van der Waals surface area contributed by atoms with E-state index in [1.54, 1.807) is 30.5 Å². The van der Waals surface area contributed by atoms with Crippen LogP contribution in [0.3, 0.4) is 0 Å². The van der Waals surface area contributed by atoms with Crippen LogP contribution in [0, 0.1) is 0 Å². The van der Waals surface area contributed by atoms with Gasteiger partial charge in [-0.1, -0.05) is 0 Å². The van der Waals surface area contributed by atoms with Gasteiger partial charge in [-0.25, -0.2) is 0 Å². The molecule has 0 aliphatic carbocycles. The summed E-state index contributed by atoms with van der Waals surface area (Å²) >= 11 is 0. The zero-order valence-electron chi connectivity index (χ0n) is 13.1. The molecule has 0 unspecified atom stereocenters. The van der Waals surface area contributed by atoms with Crippen LogP contribution in [0.25, 0.3) is 10.9 Å². The zero-order chi connectivity index (χ0) is 16.4. The second-order valence-corrected chi connectivity index (χ2v) is 6.69. The average molecular weight is 326 g/mol. The first-order valence-electron chi connectivity index (χ1n) is 7.42. The van der Waals surface area contributed by atoms with Crippen LogP contribution >= 0.6 is 0 Å². The van der Waals surface area contributed by atoms with Crippen LogP contribution in [0.15, 0.2) is 59.6 Å². The second kappa shape index (κ2) is 6.38. The van der Waals surface area contributed by atoms with Crippen molar-refractivity contribution in [1.29, 1.82) is 0 Å². The molecule has 0 fully saturated rings. The Morgan fingerprint density at radius 2 is 1.87 bits per heavy atom. The highest BCUT2D eigenvalue weighted by Crippen LogP contribution is 2.21. The number of amides is 1. The van der Waals surface area contributed by atoms with Crippen LogP contribution in [0.5, 0.6) is 0 Å². The first kappa shape index (κ1) is 15.5. The molecule has 2 aromatic carbocycles. The van der Waals surface area contributed by atoms with Gasteiger partial charge in [0.15, 0.2) is 0 Å². The Morgan fingerprint density at radius 3 is 2.52 bits per heavy atom. The average Bonchev–Trinajstić information content (AvgIpc) is 2.97. The quantitative estimate of drug-likeness (QED) is 0.795. The molecule has 0 saturated carbocycles. The summed E-state index contributed by atoms with van der Waals surface area (Å²) in [5, 5.41) is 4.00. The van der Waals surface area contributed by atoms with E-state index < -0.39 is 10.8 Å². The van der Waals surface area contributed by atoms with Gasteiger partial charge in [-0.15, -0.1) is 0 Å². The summed E-state index contributed by atoms with van der Waals surface area (Å²) in [5.41, 5.74) is 2.46. The number of nitrogens with zero attached hydrogens (tertiary/aromatic N) is 1. The van der Waals surface area contributed by atoms with Crippen LogP contribution in [0.1, 0.15) is 17.3 Å². The van der Waals surface area contributed by atoms with Gasteiger partial charge in [-0.2, -0.15) is 0 Å². The van der Waals surface area contributed by atoms with Crippen molar-refractivity contribution in [3.63, 3.8) is 0 Å². The highest BCUT2D eigenvalue weighted by atomic mass is 32.2. The van der Waals surface area contributed by atoms with Gasteiger partial charge in [0.05, 0.1) is 0 Å². The lowest BCUT2D eigenvalue weighted by Crippen LogP contribution is -2.11. The van der Waals surface area contributed by atoms with Gasteiger partial charge in [-0.05, 0) is 55.5 Å². The number of anilines is 1. The summed E-state index contributed by atoms with van der Waals surface area (Å²) in [5.74, 6) is -0.173. The second-order valence-electron chi connectivity index (χ2n) is 5.31. The van der Waals surface area contributed by atoms with Crippen LogP contribution in [0.4, 0.5) is 5.69 Å². The number of hydrogen-bond donors (Lipinski definition) is 1. The Hall–Kier alpha value is -2.40. The lowest BCUT2D eigenvalue weighted by Gasteiger charge is -2.07. The van der Waals surface area contributed by atoms with Crippen molar-refractivity contribution in [3.05, 3.63) is 60.3 Å². The number of aromatic nitrogens is 1. The molecule has 3 rings (SSSR count). The predicted molar refractivity (Wildman–Crippen MR) is 94.3 cm³/mol. The Morgan fingerprint density at radius 1 is 1.13 bits per heavy atom. The summed E-state index contributed by atoms with van der Waals surface area (Å²) in [6, 6.07) is 14.7. The van der Waals surface area contributed by atoms with Crippen molar-refractivity contribution < 1.29 is 9.00 Å². The van der Waals surface area contributed by atoms with E-state index in [-0.39, 0.29) is 5.91 Å². The molecule has 1 amide bonds. The predicted octanol–water partition coefficient (Wildman–Crippen LogP) is 3.65.